The van der Waals surface area contributed by atoms with E-state index in [0.717, 1.165) is 0 Å². The Kier molecular flexibility index (Phi) is 2.55. The number of nitrogens with zero attached hydrogens (tertiary/aromatic N) is 1. The van der Waals surface area contributed by atoms with Gasteiger partial charge in [0.2, 0.25) is 0 Å². The van der Waals surface area contributed by atoms with Gasteiger partial charge in [0.1, 0.15) is 5.52 Å². The molecule has 0 fully saturated rings. The molecule has 0 aliphatic carbocycles. The molecule has 84 valence electrons. The maximum absolute atomic E-state index is 11.9. The van der Waals surface area contributed by atoms with Crippen LogP contribution in [0.2, 0.25) is 0 Å². The molecule has 0 aliphatic rings. The maximum Gasteiger partial charge on any atom is 0.399 e. The fourth-order valence-electron chi connectivity index (χ4n) is 1.25. The molecule has 0 unspecified atom stereocenters. The first-order valence-corrected chi connectivity index (χ1v) is 4.42. The number of hydrogen-bond acceptors (Lipinski definition) is 4. The molecule has 0 N–H and O–H groups in total. The Morgan fingerprint density at radius 3 is 2.88 bits per heavy atom. The van der Waals surface area contributed by atoms with Crippen LogP contribution in [0.15, 0.2) is 22.6 Å². The third-order valence-electron chi connectivity index (χ3n) is 1.97. The van der Waals surface area contributed by atoms with Crippen LogP contribution < -0.4 is 4.74 Å². The molecule has 6 heteroatoms. The SMILES string of the molecule is CC(=O)c1ccc2nc(OC(F)F)oc2c1. The predicted octanol–water partition coefficient (Wildman–Crippen LogP) is 2.63. The number of benzene rings is 1. The summed E-state index contributed by atoms with van der Waals surface area (Å²) in [6.45, 7) is -1.59. The topological polar surface area (TPSA) is 52.3 Å². The first-order chi connectivity index (χ1) is 7.56. The number of ether oxygens (including phenoxy) is 1. The minimum atomic E-state index is -2.99. The second-order valence-electron chi connectivity index (χ2n) is 3.10. The molecule has 1 aromatic carbocycles. The largest absolute Gasteiger partial charge is 0.409 e. The summed E-state index contributed by atoms with van der Waals surface area (Å²) >= 11 is 0. The molecule has 0 saturated heterocycles. The van der Waals surface area contributed by atoms with E-state index < -0.39 is 12.7 Å². The zero-order valence-electron chi connectivity index (χ0n) is 8.24. The molecule has 0 spiro atoms. The fourth-order valence-corrected chi connectivity index (χ4v) is 1.25. The van der Waals surface area contributed by atoms with Gasteiger partial charge in [0.05, 0.1) is 0 Å². The Bertz CT molecular complexity index is 536. The zero-order valence-corrected chi connectivity index (χ0v) is 8.24. The average Bonchev–Trinajstić information content (AvgIpc) is 2.56. The van der Waals surface area contributed by atoms with E-state index in [1.807, 2.05) is 0 Å². The van der Waals surface area contributed by atoms with Crippen LogP contribution in [0.4, 0.5) is 8.78 Å². The molecule has 1 heterocycles. The van der Waals surface area contributed by atoms with Crippen LogP contribution in [0.3, 0.4) is 0 Å². The number of ketones is 1. The summed E-state index contributed by atoms with van der Waals surface area (Å²) in [5.74, 6) is -0.144. The Labute approximate surface area is 88.8 Å². The quantitative estimate of drug-likeness (QED) is 0.756. The van der Waals surface area contributed by atoms with E-state index in [-0.39, 0.29) is 11.4 Å². The lowest BCUT2D eigenvalue weighted by molar-refractivity contribution is -0.0664. The van der Waals surface area contributed by atoms with Gasteiger partial charge in [-0.15, -0.1) is 0 Å². The standard InChI is InChI=1S/C10H7F2NO3/c1-5(14)6-2-3-7-8(4-6)15-10(13-7)16-9(11)12/h2-4,9H,1H3. The first kappa shape index (κ1) is 10.5. The van der Waals surface area contributed by atoms with E-state index in [4.69, 9.17) is 4.42 Å². The highest BCUT2D eigenvalue weighted by Gasteiger charge is 2.12. The lowest BCUT2D eigenvalue weighted by Gasteiger charge is -1.95. The van der Waals surface area contributed by atoms with E-state index in [1.54, 1.807) is 6.07 Å². The van der Waals surface area contributed by atoms with Crippen LogP contribution in [0, 0.1) is 0 Å². The first-order valence-electron chi connectivity index (χ1n) is 4.42. The summed E-state index contributed by atoms with van der Waals surface area (Å²) in [4.78, 5) is 14.7. The Morgan fingerprint density at radius 1 is 1.50 bits per heavy atom. The van der Waals surface area contributed by atoms with Crippen molar-refractivity contribution in [3.8, 4) is 6.08 Å². The number of fused-ring (bicyclic) bond motifs is 1. The molecular weight excluding hydrogens is 220 g/mol. The van der Waals surface area contributed by atoms with Gasteiger partial charge in [0.15, 0.2) is 11.4 Å². The van der Waals surface area contributed by atoms with Crippen LogP contribution in [0.25, 0.3) is 11.1 Å². The molecule has 2 rings (SSSR count). The fraction of sp³-hybridized carbons (Fsp3) is 0.200. The Balaban J connectivity index is 2.42. The molecule has 0 bridgehead atoms. The number of Topliss-reactive ketones (excluding diaryl/α,β-unsaturated/α-hetero) is 1. The summed E-state index contributed by atoms with van der Waals surface area (Å²) in [5, 5.41) is 0. The number of oxazole rings is 1. The number of hydrogen-bond donors (Lipinski definition) is 0. The van der Waals surface area contributed by atoms with Crippen molar-refractivity contribution < 1.29 is 22.7 Å². The third kappa shape index (κ3) is 2.00. The van der Waals surface area contributed by atoms with Crippen LogP contribution >= 0.6 is 0 Å². The number of rotatable bonds is 3. The van der Waals surface area contributed by atoms with E-state index in [9.17, 15) is 13.6 Å². The maximum atomic E-state index is 11.9. The Morgan fingerprint density at radius 2 is 2.25 bits per heavy atom. The highest BCUT2D eigenvalue weighted by atomic mass is 19.3. The normalized spacial score (nSPS) is 11.0. The molecule has 0 radical (unpaired) electrons. The summed E-state index contributed by atoms with van der Waals surface area (Å²) in [6.07, 6.45) is -0.509. The second-order valence-corrected chi connectivity index (χ2v) is 3.10. The second kappa shape index (κ2) is 3.88. The molecule has 2 aromatic rings. The van der Waals surface area contributed by atoms with Crippen molar-refractivity contribution in [3.63, 3.8) is 0 Å². The van der Waals surface area contributed by atoms with Gasteiger partial charge in [0, 0.05) is 5.56 Å². The number of halogens is 2. The lowest BCUT2D eigenvalue weighted by atomic mass is 10.1. The highest BCUT2D eigenvalue weighted by Crippen LogP contribution is 2.22. The van der Waals surface area contributed by atoms with E-state index >= 15 is 0 Å². The third-order valence-corrected chi connectivity index (χ3v) is 1.97. The van der Waals surface area contributed by atoms with Crippen molar-refractivity contribution in [3.05, 3.63) is 23.8 Å². The molecule has 4 nitrogen and oxygen atoms in total. The lowest BCUT2D eigenvalue weighted by Crippen LogP contribution is -2.01. The minimum Gasteiger partial charge on any atom is -0.409 e. The van der Waals surface area contributed by atoms with Gasteiger partial charge >= 0.3 is 12.7 Å². The highest BCUT2D eigenvalue weighted by molar-refractivity contribution is 5.96. The van der Waals surface area contributed by atoms with Crippen LogP contribution in [0.5, 0.6) is 6.08 Å². The summed E-state index contributed by atoms with van der Waals surface area (Å²) in [6, 6.07) is 4.48. The summed E-state index contributed by atoms with van der Waals surface area (Å²) < 4.78 is 32.7. The van der Waals surface area contributed by atoms with Gasteiger partial charge in [0.25, 0.3) is 0 Å². The summed E-state index contributed by atoms with van der Waals surface area (Å²) in [5.41, 5.74) is 1.02. The molecule has 0 amide bonds. The van der Waals surface area contributed by atoms with Crippen molar-refractivity contribution in [1.29, 1.82) is 0 Å². The summed E-state index contributed by atoms with van der Waals surface area (Å²) in [7, 11) is 0. The van der Waals surface area contributed by atoms with Gasteiger partial charge in [-0.2, -0.15) is 13.8 Å². The van der Waals surface area contributed by atoms with Gasteiger partial charge in [-0.1, -0.05) is 0 Å². The zero-order chi connectivity index (χ0) is 11.7. The molecular formula is C10H7F2NO3. The predicted molar refractivity (Wildman–Crippen MR) is 50.6 cm³/mol. The van der Waals surface area contributed by atoms with Crippen molar-refractivity contribution >= 4 is 16.9 Å². The average molecular weight is 227 g/mol. The minimum absolute atomic E-state index is 0.144. The molecule has 16 heavy (non-hydrogen) atoms. The molecule has 0 saturated carbocycles. The number of aromatic nitrogens is 1. The molecule has 0 aliphatic heterocycles. The van der Waals surface area contributed by atoms with Gasteiger partial charge in [-0.3, -0.25) is 4.79 Å². The van der Waals surface area contributed by atoms with E-state index in [2.05, 4.69) is 9.72 Å². The van der Waals surface area contributed by atoms with Gasteiger partial charge < -0.3 is 9.15 Å². The van der Waals surface area contributed by atoms with Crippen molar-refractivity contribution in [2.75, 3.05) is 0 Å². The van der Waals surface area contributed by atoms with Gasteiger partial charge in [-0.25, -0.2) is 0 Å². The molecule has 0 atom stereocenters. The monoisotopic (exact) mass is 227 g/mol. The van der Waals surface area contributed by atoms with Crippen molar-refractivity contribution in [1.82, 2.24) is 4.98 Å². The van der Waals surface area contributed by atoms with Gasteiger partial charge in [-0.05, 0) is 25.1 Å². The van der Waals surface area contributed by atoms with E-state index in [1.165, 1.54) is 19.1 Å². The number of alkyl halides is 2. The van der Waals surface area contributed by atoms with Crippen molar-refractivity contribution in [2.24, 2.45) is 0 Å². The van der Waals surface area contributed by atoms with Crippen molar-refractivity contribution in [2.45, 2.75) is 13.5 Å². The Hall–Kier alpha value is -1.98. The van der Waals surface area contributed by atoms with Crippen LogP contribution in [-0.2, 0) is 0 Å². The molecule has 1 aromatic heterocycles. The number of carbonyl (C=O) groups excluding carboxylic acids is 1. The van der Waals surface area contributed by atoms with E-state index in [0.29, 0.717) is 11.1 Å². The number of carbonyl (C=O) groups is 1. The van der Waals surface area contributed by atoms with Crippen LogP contribution in [-0.4, -0.2) is 17.4 Å². The smallest absolute Gasteiger partial charge is 0.399 e. The van der Waals surface area contributed by atoms with Crippen LogP contribution in [0.1, 0.15) is 17.3 Å².